The lowest BCUT2D eigenvalue weighted by atomic mass is 10.1. The maximum Gasteiger partial charge on any atom is 0.480 e. The third-order valence-corrected chi connectivity index (χ3v) is 11.2. The molecule has 0 radical (unpaired) electrons. The van der Waals surface area contributed by atoms with Crippen LogP contribution in [-0.4, -0.2) is 59.0 Å². The molecule has 0 spiro atoms. The largest absolute Gasteiger partial charge is 0.480 e. The predicted octanol–water partition coefficient (Wildman–Crippen LogP) is 11.9. The summed E-state index contributed by atoms with van der Waals surface area (Å²) in [5.74, 6) is 0. The molecule has 0 amide bonds. The molecule has 6 nitrogen and oxygen atoms in total. The van der Waals surface area contributed by atoms with Crippen LogP contribution in [0.4, 0.5) is 26.3 Å². The number of halogens is 6. The van der Waals surface area contributed by atoms with Crippen molar-refractivity contribution >= 4 is 20.0 Å². The first-order valence-electron chi connectivity index (χ1n) is 18.1. The minimum atomic E-state index is -6.72. The van der Waals surface area contributed by atoms with Crippen molar-refractivity contribution in [3.63, 3.8) is 0 Å². The summed E-state index contributed by atoms with van der Waals surface area (Å²) in [6, 6.07) is 0. The van der Waals surface area contributed by atoms with Gasteiger partial charge in [0.2, 0.25) is 0 Å². The molecule has 0 bridgehead atoms. The van der Waals surface area contributed by atoms with Gasteiger partial charge >= 0.3 is 11.0 Å². The molecule has 286 valence electrons. The van der Waals surface area contributed by atoms with Crippen molar-refractivity contribution in [1.82, 2.24) is 0 Å². The minimum absolute atomic E-state index is 0.778. The summed E-state index contributed by atoms with van der Waals surface area (Å²) in [5.41, 5.74) is -12.4. The minimum Gasteiger partial charge on any atom is -0.421 e. The first kappa shape index (κ1) is 48.5. The molecular formula is C33H66F6N2O4S2. The molecule has 0 saturated carbocycles. The zero-order valence-electron chi connectivity index (χ0n) is 29.7. The fourth-order valence-electron chi connectivity index (χ4n) is 5.43. The molecule has 0 fully saturated rings. The second-order valence-corrected chi connectivity index (χ2v) is 16.6. The van der Waals surface area contributed by atoms with E-state index < -0.39 is 31.1 Å². The third-order valence-electron chi connectivity index (χ3n) is 8.44. The number of alkyl halides is 6. The highest BCUT2D eigenvalue weighted by atomic mass is 32.3. The van der Waals surface area contributed by atoms with Crippen LogP contribution in [0, 0.1) is 0 Å². The highest BCUT2D eigenvalue weighted by Crippen LogP contribution is 2.36. The Bertz CT molecular complexity index is 851. The summed E-state index contributed by atoms with van der Waals surface area (Å²) >= 11 is 0. The molecule has 47 heavy (non-hydrogen) atoms. The molecule has 0 atom stereocenters. The van der Waals surface area contributed by atoms with E-state index >= 15 is 0 Å². The van der Waals surface area contributed by atoms with E-state index in [1.807, 2.05) is 0 Å². The van der Waals surface area contributed by atoms with Crippen LogP contribution in [0.2, 0.25) is 0 Å². The zero-order chi connectivity index (χ0) is 36.3. The van der Waals surface area contributed by atoms with Gasteiger partial charge in [0, 0.05) is 0 Å². The fourth-order valence-corrected chi connectivity index (χ4v) is 7.14. The van der Waals surface area contributed by atoms with Crippen LogP contribution in [0.15, 0.2) is 0 Å². The molecule has 0 saturated heterocycles. The molecule has 0 unspecified atom stereocenters. The Morgan fingerprint density at radius 1 is 0.404 bits per heavy atom. The van der Waals surface area contributed by atoms with Crippen LogP contribution in [0.1, 0.15) is 175 Å². The van der Waals surface area contributed by atoms with Gasteiger partial charge in [-0.1, -0.05) is 136 Å². The Kier molecular flexibility index (Phi) is 28.0. The van der Waals surface area contributed by atoms with E-state index in [1.54, 1.807) is 0 Å². The predicted molar refractivity (Wildman–Crippen MR) is 182 cm³/mol. The number of nitrogens with zero attached hydrogens (tertiary/aromatic N) is 2. The number of sulfonamides is 2. The average Bonchev–Trinajstić information content (AvgIpc) is 2.96. The van der Waals surface area contributed by atoms with Gasteiger partial charge in [-0.3, -0.25) is 0 Å². The first-order valence-corrected chi connectivity index (χ1v) is 21.0. The number of quaternary nitrogens is 1. The van der Waals surface area contributed by atoms with Crippen molar-refractivity contribution in [2.24, 2.45) is 0 Å². The summed E-state index contributed by atoms with van der Waals surface area (Å²) in [5, 5.41) is 0. The van der Waals surface area contributed by atoms with E-state index in [2.05, 4.69) is 27.8 Å². The third kappa shape index (κ3) is 26.9. The maximum absolute atomic E-state index is 11.4. The number of unbranched alkanes of at least 4 members (excludes halogenated alkanes) is 21. The fraction of sp³-hybridized carbons (Fsp3) is 1.00. The highest BCUT2D eigenvalue weighted by molar-refractivity contribution is 8.13. The molecule has 0 rings (SSSR count). The molecule has 0 aromatic heterocycles. The number of hydrogen-bond donors (Lipinski definition) is 0. The van der Waals surface area contributed by atoms with Gasteiger partial charge in [0.05, 0.1) is 26.7 Å². The summed E-state index contributed by atoms with van der Waals surface area (Å²) in [6.45, 7) is 11.2. The highest BCUT2D eigenvalue weighted by Gasteiger charge is 2.47. The van der Waals surface area contributed by atoms with Gasteiger partial charge in [0.1, 0.15) is 0 Å². The van der Waals surface area contributed by atoms with Gasteiger partial charge in [-0.2, -0.15) is 26.3 Å². The van der Waals surface area contributed by atoms with Crippen LogP contribution < -0.4 is 0 Å². The normalized spacial score (nSPS) is 13.1. The second kappa shape index (κ2) is 27.2. The van der Waals surface area contributed by atoms with E-state index in [0.29, 0.717) is 0 Å². The van der Waals surface area contributed by atoms with Crippen LogP contribution in [0.5, 0.6) is 0 Å². The quantitative estimate of drug-likeness (QED) is 0.0435. The van der Waals surface area contributed by atoms with Crippen molar-refractivity contribution in [2.45, 2.75) is 186 Å². The van der Waals surface area contributed by atoms with Gasteiger partial charge in [-0.05, 0) is 38.5 Å². The van der Waals surface area contributed by atoms with E-state index in [-0.39, 0.29) is 0 Å². The van der Waals surface area contributed by atoms with Crippen LogP contribution >= 0.6 is 0 Å². The Hall–Kier alpha value is -0.600. The Morgan fingerprint density at radius 2 is 0.596 bits per heavy atom. The summed E-state index contributed by atoms with van der Waals surface area (Å²) in [7, 11) is -10.9. The monoisotopic (exact) mass is 732 g/mol. The lowest BCUT2D eigenvalue weighted by Gasteiger charge is -2.35. The Morgan fingerprint density at radius 3 is 0.787 bits per heavy atom. The van der Waals surface area contributed by atoms with Gasteiger partial charge in [-0.15, -0.1) is 0 Å². The first-order chi connectivity index (χ1) is 21.9. The lowest BCUT2D eigenvalue weighted by molar-refractivity contribution is -0.910. The second-order valence-electron chi connectivity index (χ2n) is 13.1. The van der Waals surface area contributed by atoms with Gasteiger partial charge < -0.3 is 8.61 Å². The van der Waals surface area contributed by atoms with Crippen molar-refractivity contribution in [3.8, 4) is 0 Å². The molecule has 0 heterocycles. The van der Waals surface area contributed by atoms with Crippen molar-refractivity contribution in [2.75, 3.05) is 26.7 Å². The maximum atomic E-state index is 11.4. The van der Waals surface area contributed by atoms with E-state index in [9.17, 15) is 43.2 Å². The molecule has 14 heteroatoms. The van der Waals surface area contributed by atoms with E-state index in [4.69, 9.17) is 0 Å². The molecular weight excluding hydrogens is 666 g/mol. The smallest absolute Gasteiger partial charge is 0.421 e. The van der Waals surface area contributed by atoms with Crippen molar-refractivity contribution < 1.29 is 47.7 Å². The standard InChI is InChI=1S/C31H66N.C2F6NO4S2/c1-5-8-11-14-17-20-23-26-29-32(4,30-27-24-21-18-15-12-9-6-2)31-28-25-22-19-16-13-10-7-3;3-1(4,5)14(10,11)9-15(12,13)2(6,7)8/h5-31H2,1-4H3;/q+1;-1. The van der Waals surface area contributed by atoms with E-state index in [1.165, 1.54) is 178 Å². The van der Waals surface area contributed by atoms with Crippen molar-refractivity contribution in [3.05, 3.63) is 4.13 Å². The van der Waals surface area contributed by atoms with Crippen LogP contribution in [0.3, 0.4) is 0 Å². The molecule has 0 aromatic carbocycles. The average molecular weight is 733 g/mol. The Labute approximate surface area is 283 Å². The van der Waals surface area contributed by atoms with Crippen molar-refractivity contribution in [1.29, 1.82) is 0 Å². The van der Waals surface area contributed by atoms with E-state index in [0.717, 1.165) is 4.13 Å². The number of hydrogen-bond acceptors (Lipinski definition) is 4. The molecule has 0 aliphatic heterocycles. The molecule has 0 N–H and O–H groups in total. The molecule has 0 aliphatic rings. The molecule has 0 aliphatic carbocycles. The molecule has 0 aromatic rings. The zero-order valence-corrected chi connectivity index (χ0v) is 31.3. The summed E-state index contributed by atoms with van der Waals surface area (Å²) in [4.78, 5) is 0. The lowest BCUT2D eigenvalue weighted by Crippen LogP contribution is -2.46. The summed E-state index contributed by atoms with van der Waals surface area (Å²) < 4.78 is 111. The van der Waals surface area contributed by atoms with Crippen LogP contribution in [-0.2, 0) is 20.0 Å². The summed E-state index contributed by atoms with van der Waals surface area (Å²) in [6.07, 6.45) is 34.8. The Balaban J connectivity index is 0. The van der Waals surface area contributed by atoms with Crippen LogP contribution in [0.25, 0.3) is 4.13 Å². The van der Waals surface area contributed by atoms with Gasteiger partial charge in [0.25, 0.3) is 0 Å². The van der Waals surface area contributed by atoms with Gasteiger partial charge in [0.15, 0.2) is 20.0 Å². The SMILES string of the molecule is CCCCCCCCCC[N+](C)(CCCCCCCCCC)CCCCCCCCCC.O=S(=O)([N-]S(=O)(=O)C(F)(F)F)C(F)(F)F. The van der Waals surface area contributed by atoms with Gasteiger partial charge in [-0.25, -0.2) is 16.8 Å². The topological polar surface area (TPSA) is 82.4 Å². The number of rotatable bonds is 29.